The van der Waals surface area contributed by atoms with Crippen molar-refractivity contribution < 1.29 is 23.6 Å². The Labute approximate surface area is 120 Å². The summed E-state index contributed by atoms with van der Waals surface area (Å²) in [7, 11) is -1.21. The van der Waals surface area contributed by atoms with Gasteiger partial charge >= 0.3 is 5.97 Å². The van der Waals surface area contributed by atoms with Crippen LogP contribution >= 0.6 is 0 Å². The van der Waals surface area contributed by atoms with E-state index in [0.717, 1.165) is 6.42 Å². The molecule has 2 rings (SSSR count). The first-order chi connectivity index (χ1) is 9.49. The fourth-order valence-corrected chi connectivity index (χ4v) is 4.26. The third-order valence-corrected chi connectivity index (χ3v) is 5.93. The van der Waals surface area contributed by atoms with Crippen LogP contribution in [0, 0.1) is 5.92 Å². The van der Waals surface area contributed by atoms with Gasteiger partial charge in [0.1, 0.15) is 5.75 Å². The van der Waals surface area contributed by atoms with E-state index in [0.29, 0.717) is 32.5 Å². The number of carboxylic acids is 1. The molecule has 0 spiro atoms. The highest BCUT2D eigenvalue weighted by molar-refractivity contribution is 7.86. The second kappa shape index (κ2) is 6.67. The monoisotopic (exact) mass is 303 g/mol. The average Bonchev–Trinajstić information content (AvgIpc) is 2.85. The SMILES string of the molecule is CC1OCCC1S(=O)CC(=O)N1CCC(C(=O)O)CC1. The van der Waals surface area contributed by atoms with Gasteiger partial charge in [0.05, 0.1) is 17.3 Å². The molecule has 3 atom stereocenters. The average molecular weight is 303 g/mol. The first kappa shape index (κ1) is 15.4. The van der Waals surface area contributed by atoms with Crippen molar-refractivity contribution in [3.8, 4) is 0 Å². The molecule has 0 bridgehead atoms. The van der Waals surface area contributed by atoms with E-state index in [2.05, 4.69) is 0 Å². The van der Waals surface area contributed by atoms with Gasteiger partial charge in [0.25, 0.3) is 0 Å². The second-order valence-electron chi connectivity index (χ2n) is 5.42. The number of rotatable bonds is 4. The number of ether oxygens (including phenoxy) is 1. The molecule has 2 aliphatic heterocycles. The van der Waals surface area contributed by atoms with Crippen LogP contribution < -0.4 is 0 Å². The number of hydrogen-bond acceptors (Lipinski definition) is 4. The molecule has 0 saturated carbocycles. The number of piperidine rings is 1. The minimum absolute atomic E-state index is 0.0239. The van der Waals surface area contributed by atoms with Gasteiger partial charge in [-0.25, -0.2) is 0 Å². The van der Waals surface area contributed by atoms with E-state index in [1.165, 1.54) is 0 Å². The van der Waals surface area contributed by atoms with Crippen LogP contribution in [0.1, 0.15) is 26.2 Å². The van der Waals surface area contributed by atoms with Crippen LogP contribution in [0.4, 0.5) is 0 Å². The number of hydrogen-bond donors (Lipinski definition) is 1. The molecule has 114 valence electrons. The molecular formula is C13H21NO5S. The first-order valence-electron chi connectivity index (χ1n) is 6.98. The van der Waals surface area contributed by atoms with Gasteiger partial charge in [-0.1, -0.05) is 0 Å². The molecule has 3 unspecified atom stereocenters. The maximum atomic E-state index is 12.2. The van der Waals surface area contributed by atoms with E-state index in [1.54, 1.807) is 4.90 Å². The van der Waals surface area contributed by atoms with Gasteiger partial charge in [0.2, 0.25) is 5.91 Å². The highest BCUT2D eigenvalue weighted by Gasteiger charge is 2.33. The Kier molecular flexibility index (Phi) is 5.15. The van der Waals surface area contributed by atoms with Crippen LogP contribution in [0.15, 0.2) is 0 Å². The van der Waals surface area contributed by atoms with Crippen LogP contribution in [0.3, 0.4) is 0 Å². The number of carbonyl (C=O) groups excluding carboxylic acids is 1. The number of carbonyl (C=O) groups is 2. The third kappa shape index (κ3) is 3.58. The summed E-state index contributed by atoms with van der Waals surface area (Å²) < 4.78 is 17.5. The lowest BCUT2D eigenvalue weighted by Gasteiger charge is -2.30. The molecule has 0 aliphatic carbocycles. The van der Waals surface area contributed by atoms with Gasteiger partial charge in [0.15, 0.2) is 0 Å². The summed E-state index contributed by atoms with van der Waals surface area (Å²) in [4.78, 5) is 24.6. The molecule has 2 aliphatic rings. The van der Waals surface area contributed by atoms with E-state index >= 15 is 0 Å². The Morgan fingerprint density at radius 1 is 1.30 bits per heavy atom. The minimum atomic E-state index is -1.21. The van der Waals surface area contributed by atoms with Crippen molar-refractivity contribution in [2.75, 3.05) is 25.4 Å². The summed E-state index contributed by atoms with van der Waals surface area (Å²) >= 11 is 0. The quantitative estimate of drug-likeness (QED) is 0.804. The molecule has 2 fully saturated rings. The van der Waals surface area contributed by atoms with Crippen LogP contribution in [0.25, 0.3) is 0 Å². The Morgan fingerprint density at radius 2 is 1.95 bits per heavy atom. The summed E-state index contributed by atoms with van der Waals surface area (Å²) in [6, 6.07) is 0. The standard InChI is InChI=1S/C13H21NO5S/c1-9-11(4-7-19-9)20(18)8-12(15)14-5-2-10(3-6-14)13(16)17/h9-11H,2-8H2,1H3,(H,16,17). The van der Waals surface area contributed by atoms with Crippen LogP contribution in [0.5, 0.6) is 0 Å². The van der Waals surface area contributed by atoms with E-state index in [1.807, 2.05) is 6.92 Å². The number of carboxylic acid groups (broad SMARTS) is 1. The van der Waals surface area contributed by atoms with Gasteiger partial charge in [-0.15, -0.1) is 0 Å². The molecule has 6 nitrogen and oxygen atoms in total. The second-order valence-corrected chi connectivity index (χ2v) is 7.08. The maximum absolute atomic E-state index is 12.2. The Bertz CT molecular complexity index is 406. The smallest absolute Gasteiger partial charge is 0.306 e. The molecule has 0 radical (unpaired) electrons. The first-order valence-corrected chi connectivity index (χ1v) is 8.36. The Morgan fingerprint density at radius 3 is 2.45 bits per heavy atom. The fourth-order valence-electron chi connectivity index (χ4n) is 2.75. The van der Waals surface area contributed by atoms with E-state index < -0.39 is 16.8 Å². The summed E-state index contributed by atoms with van der Waals surface area (Å²) in [6.45, 7) is 3.39. The van der Waals surface area contributed by atoms with Crippen molar-refractivity contribution in [2.24, 2.45) is 5.92 Å². The lowest BCUT2D eigenvalue weighted by atomic mass is 9.97. The lowest BCUT2D eigenvalue weighted by molar-refractivity contribution is -0.145. The zero-order valence-electron chi connectivity index (χ0n) is 11.6. The molecule has 2 heterocycles. The Hall–Kier alpha value is -0.950. The van der Waals surface area contributed by atoms with E-state index in [4.69, 9.17) is 9.84 Å². The molecule has 1 amide bonds. The maximum Gasteiger partial charge on any atom is 0.306 e. The third-order valence-electron chi connectivity index (χ3n) is 4.11. The van der Waals surface area contributed by atoms with Crippen molar-refractivity contribution in [3.63, 3.8) is 0 Å². The fraction of sp³-hybridized carbons (Fsp3) is 0.846. The minimum Gasteiger partial charge on any atom is -0.481 e. The van der Waals surface area contributed by atoms with Gasteiger partial charge < -0.3 is 14.7 Å². The van der Waals surface area contributed by atoms with Crippen molar-refractivity contribution >= 4 is 22.7 Å². The van der Waals surface area contributed by atoms with Gasteiger partial charge in [0, 0.05) is 30.5 Å². The number of likely N-dealkylation sites (tertiary alicyclic amines) is 1. The lowest BCUT2D eigenvalue weighted by Crippen LogP contribution is -2.43. The predicted molar refractivity (Wildman–Crippen MR) is 73.8 cm³/mol. The number of nitrogens with zero attached hydrogens (tertiary/aromatic N) is 1. The molecule has 0 aromatic rings. The van der Waals surface area contributed by atoms with Gasteiger partial charge in [-0.3, -0.25) is 13.8 Å². The normalized spacial score (nSPS) is 29.4. The molecule has 1 N–H and O–H groups in total. The van der Waals surface area contributed by atoms with E-state index in [9.17, 15) is 13.8 Å². The number of aliphatic carboxylic acids is 1. The zero-order chi connectivity index (χ0) is 14.7. The van der Waals surface area contributed by atoms with E-state index in [-0.39, 0.29) is 28.9 Å². The number of amides is 1. The van der Waals surface area contributed by atoms with Crippen molar-refractivity contribution in [2.45, 2.75) is 37.5 Å². The van der Waals surface area contributed by atoms with Crippen molar-refractivity contribution in [1.29, 1.82) is 0 Å². The topological polar surface area (TPSA) is 83.9 Å². The van der Waals surface area contributed by atoms with Gasteiger partial charge in [-0.2, -0.15) is 0 Å². The predicted octanol–water partition coefficient (Wildman–Crippen LogP) is 0.236. The molecule has 0 aromatic carbocycles. The zero-order valence-corrected chi connectivity index (χ0v) is 12.4. The van der Waals surface area contributed by atoms with Crippen LogP contribution in [-0.2, 0) is 25.1 Å². The van der Waals surface area contributed by atoms with Crippen LogP contribution in [0.2, 0.25) is 0 Å². The molecule has 7 heteroatoms. The molecule has 20 heavy (non-hydrogen) atoms. The molecular weight excluding hydrogens is 282 g/mol. The summed E-state index contributed by atoms with van der Waals surface area (Å²) in [5.41, 5.74) is 0. The molecule has 2 saturated heterocycles. The molecule has 0 aromatic heterocycles. The highest BCUT2D eigenvalue weighted by Crippen LogP contribution is 2.21. The largest absolute Gasteiger partial charge is 0.481 e. The summed E-state index contributed by atoms with van der Waals surface area (Å²) in [5, 5.41) is 8.86. The summed E-state index contributed by atoms with van der Waals surface area (Å²) in [6.07, 6.45) is 1.65. The van der Waals surface area contributed by atoms with Gasteiger partial charge in [-0.05, 0) is 26.2 Å². The van der Waals surface area contributed by atoms with Crippen molar-refractivity contribution in [1.82, 2.24) is 4.90 Å². The van der Waals surface area contributed by atoms with Crippen molar-refractivity contribution in [3.05, 3.63) is 0 Å². The highest BCUT2D eigenvalue weighted by atomic mass is 32.2. The Balaban J connectivity index is 1.81. The van der Waals surface area contributed by atoms with Crippen LogP contribution in [-0.4, -0.2) is 62.9 Å². The summed E-state index contributed by atoms with van der Waals surface area (Å²) in [5.74, 6) is -1.26.